The Balaban J connectivity index is 2.15. The molecule has 98 valence electrons. The van der Waals surface area contributed by atoms with Crippen molar-refractivity contribution in [2.24, 2.45) is 0 Å². The average Bonchev–Trinajstić information content (AvgIpc) is 2.79. The van der Waals surface area contributed by atoms with Crippen LogP contribution < -0.4 is 5.32 Å². The van der Waals surface area contributed by atoms with Crippen molar-refractivity contribution in [2.45, 2.75) is 31.2 Å². The summed E-state index contributed by atoms with van der Waals surface area (Å²) in [7, 11) is 3.84. The average molecular weight is 246 g/mol. The molecule has 0 spiro atoms. The Bertz CT molecular complexity index is 394. The largest absolute Gasteiger partial charge is 0.345 e. The first-order valence-electron chi connectivity index (χ1n) is 6.64. The SMILES string of the molecule is CN(C)CC(=O)NC1(c2ccccc2)CCCC1. The Hall–Kier alpha value is -1.35. The van der Waals surface area contributed by atoms with E-state index in [0.717, 1.165) is 12.8 Å². The van der Waals surface area contributed by atoms with Crippen LogP contribution in [0.2, 0.25) is 0 Å². The summed E-state index contributed by atoms with van der Waals surface area (Å²) in [4.78, 5) is 13.9. The number of likely N-dealkylation sites (N-methyl/N-ethyl adjacent to an activating group) is 1. The van der Waals surface area contributed by atoms with Crippen molar-refractivity contribution in [1.29, 1.82) is 0 Å². The molecule has 1 saturated carbocycles. The van der Waals surface area contributed by atoms with Crippen LogP contribution >= 0.6 is 0 Å². The fourth-order valence-electron chi connectivity index (χ4n) is 2.82. The standard InChI is InChI=1S/C15H22N2O/c1-17(2)12-14(18)16-15(10-6-7-11-15)13-8-4-3-5-9-13/h3-5,8-9H,6-7,10-12H2,1-2H3,(H,16,18). The fourth-order valence-corrected chi connectivity index (χ4v) is 2.82. The van der Waals surface area contributed by atoms with Gasteiger partial charge in [0.05, 0.1) is 12.1 Å². The molecule has 1 amide bonds. The van der Waals surface area contributed by atoms with Crippen LogP contribution in [0, 0.1) is 0 Å². The maximum absolute atomic E-state index is 12.0. The molecule has 1 aromatic rings. The number of hydrogen-bond acceptors (Lipinski definition) is 2. The van der Waals surface area contributed by atoms with E-state index in [0.29, 0.717) is 6.54 Å². The summed E-state index contributed by atoms with van der Waals surface area (Å²) in [5.74, 6) is 0.116. The van der Waals surface area contributed by atoms with Crippen molar-refractivity contribution in [1.82, 2.24) is 10.2 Å². The van der Waals surface area contributed by atoms with Crippen molar-refractivity contribution in [3.05, 3.63) is 35.9 Å². The summed E-state index contributed by atoms with van der Waals surface area (Å²) in [6.07, 6.45) is 4.49. The summed E-state index contributed by atoms with van der Waals surface area (Å²) in [6, 6.07) is 10.4. The van der Waals surface area contributed by atoms with Crippen LogP contribution in [-0.2, 0) is 10.3 Å². The van der Waals surface area contributed by atoms with E-state index in [9.17, 15) is 4.79 Å². The normalized spacial score (nSPS) is 17.9. The van der Waals surface area contributed by atoms with Gasteiger partial charge in [0.25, 0.3) is 0 Å². The van der Waals surface area contributed by atoms with Gasteiger partial charge in [0.15, 0.2) is 0 Å². The highest BCUT2D eigenvalue weighted by atomic mass is 16.2. The third-order valence-corrected chi connectivity index (χ3v) is 3.62. The molecule has 0 atom stereocenters. The van der Waals surface area contributed by atoms with E-state index in [1.165, 1.54) is 18.4 Å². The minimum absolute atomic E-state index is 0.116. The summed E-state index contributed by atoms with van der Waals surface area (Å²) in [6.45, 7) is 0.453. The van der Waals surface area contributed by atoms with E-state index in [4.69, 9.17) is 0 Å². The second kappa shape index (κ2) is 5.53. The molecule has 3 nitrogen and oxygen atoms in total. The molecule has 0 unspecified atom stereocenters. The van der Waals surface area contributed by atoms with Gasteiger partial charge in [0.1, 0.15) is 0 Å². The molecule has 1 fully saturated rings. The highest BCUT2D eigenvalue weighted by molar-refractivity contribution is 5.79. The van der Waals surface area contributed by atoms with Crippen molar-refractivity contribution >= 4 is 5.91 Å². The van der Waals surface area contributed by atoms with Crippen LogP contribution in [-0.4, -0.2) is 31.4 Å². The molecule has 0 radical (unpaired) electrons. The zero-order valence-corrected chi connectivity index (χ0v) is 11.3. The first-order chi connectivity index (χ1) is 8.62. The number of hydrogen-bond donors (Lipinski definition) is 1. The Labute approximate surface area is 109 Å². The molecule has 0 saturated heterocycles. The maximum Gasteiger partial charge on any atom is 0.234 e. The van der Waals surface area contributed by atoms with Crippen LogP contribution in [0.4, 0.5) is 0 Å². The number of carbonyl (C=O) groups is 1. The zero-order chi connectivity index (χ0) is 13.0. The lowest BCUT2D eigenvalue weighted by Gasteiger charge is -2.31. The van der Waals surface area contributed by atoms with Crippen molar-refractivity contribution < 1.29 is 4.79 Å². The van der Waals surface area contributed by atoms with Crippen molar-refractivity contribution in [3.63, 3.8) is 0 Å². The van der Waals surface area contributed by atoms with Gasteiger partial charge >= 0.3 is 0 Å². The fraction of sp³-hybridized carbons (Fsp3) is 0.533. The molecule has 2 rings (SSSR count). The Kier molecular flexibility index (Phi) is 4.02. The van der Waals surface area contributed by atoms with Gasteiger partial charge in [-0.2, -0.15) is 0 Å². The van der Waals surface area contributed by atoms with E-state index in [2.05, 4.69) is 17.4 Å². The topological polar surface area (TPSA) is 32.3 Å². The van der Waals surface area contributed by atoms with Gasteiger partial charge < -0.3 is 10.2 Å². The monoisotopic (exact) mass is 246 g/mol. The van der Waals surface area contributed by atoms with Crippen LogP contribution in [0.5, 0.6) is 0 Å². The van der Waals surface area contributed by atoms with E-state index in [1.807, 2.05) is 37.2 Å². The van der Waals surface area contributed by atoms with Crippen LogP contribution in [0.15, 0.2) is 30.3 Å². The van der Waals surface area contributed by atoms with E-state index in [1.54, 1.807) is 0 Å². The summed E-state index contributed by atoms with van der Waals surface area (Å²) >= 11 is 0. The van der Waals surface area contributed by atoms with Gasteiger partial charge in [-0.3, -0.25) is 4.79 Å². The van der Waals surface area contributed by atoms with Crippen molar-refractivity contribution in [2.75, 3.05) is 20.6 Å². The molecule has 0 bridgehead atoms. The lowest BCUT2D eigenvalue weighted by molar-refractivity contribution is -0.123. The van der Waals surface area contributed by atoms with Gasteiger partial charge in [0, 0.05) is 0 Å². The van der Waals surface area contributed by atoms with Gasteiger partial charge in [-0.05, 0) is 32.5 Å². The lowest BCUT2D eigenvalue weighted by Crippen LogP contribution is -2.46. The molecule has 18 heavy (non-hydrogen) atoms. The second-order valence-electron chi connectivity index (χ2n) is 5.44. The predicted molar refractivity (Wildman–Crippen MR) is 73.3 cm³/mol. The highest BCUT2D eigenvalue weighted by Gasteiger charge is 2.36. The maximum atomic E-state index is 12.0. The van der Waals surface area contributed by atoms with E-state index >= 15 is 0 Å². The molecule has 1 N–H and O–H groups in total. The van der Waals surface area contributed by atoms with Crippen LogP contribution in [0.3, 0.4) is 0 Å². The zero-order valence-electron chi connectivity index (χ0n) is 11.3. The third-order valence-electron chi connectivity index (χ3n) is 3.62. The number of amides is 1. The summed E-state index contributed by atoms with van der Waals surface area (Å²) in [5, 5.41) is 3.26. The minimum atomic E-state index is -0.131. The molecule has 0 heterocycles. The smallest absolute Gasteiger partial charge is 0.234 e. The molecule has 0 aromatic heterocycles. The van der Waals surface area contributed by atoms with E-state index < -0.39 is 0 Å². The molecule has 1 aliphatic rings. The summed E-state index contributed by atoms with van der Waals surface area (Å²) in [5.41, 5.74) is 1.11. The van der Waals surface area contributed by atoms with Crippen LogP contribution in [0.25, 0.3) is 0 Å². The molecular formula is C15H22N2O. The number of carbonyl (C=O) groups excluding carboxylic acids is 1. The number of rotatable bonds is 4. The lowest BCUT2D eigenvalue weighted by atomic mass is 9.88. The van der Waals surface area contributed by atoms with E-state index in [-0.39, 0.29) is 11.4 Å². The van der Waals surface area contributed by atoms with Crippen LogP contribution in [0.1, 0.15) is 31.2 Å². The number of nitrogens with zero attached hydrogens (tertiary/aromatic N) is 1. The molecule has 3 heteroatoms. The minimum Gasteiger partial charge on any atom is -0.345 e. The predicted octanol–water partition coefficient (Wildman–Crippen LogP) is 2.13. The Morgan fingerprint density at radius 1 is 1.22 bits per heavy atom. The molecule has 1 aromatic carbocycles. The molecular weight excluding hydrogens is 224 g/mol. The van der Waals surface area contributed by atoms with Gasteiger partial charge in [-0.1, -0.05) is 43.2 Å². The second-order valence-corrected chi connectivity index (χ2v) is 5.44. The molecule has 0 aliphatic heterocycles. The summed E-state index contributed by atoms with van der Waals surface area (Å²) < 4.78 is 0. The van der Waals surface area contributed by atoms with Crippen molar-refractivity contribution in [3.8, 4) is 0 Å². The number of nitrogens with one attached hydrogen (secondary N) is 1. The van der Waals surface area contributed by atoms with Gasteiger partial charge in [-0.15, -0.1) is 0 Å². The Morgan fingerprint density at radius 3 is 2.39 bits per heavy atom. The Morgan fingerprint density at radius 2 is 1.83 bits per heavy atom. The molecule has 1 aliphatic carbocycles. The third kappa shape index (κ3) is 2.91. The number of benzene rings is 1. The highest BCUT2D eigenvalue weighted by Crippen LogP contribution is 2.38. The van der Waals surface area contributed by atoms with Gasteiger partial charge in [0.2, 0.25) is 5.91 Å². The van der Waals surface area contributed by atoms with Gasteiger partial charge in [-0.25, -0.2) is 0 Å². The quantitative estimate of drug-likeness (QED) is 0.882. The first-order valence-corrected chi connectivity index (χ1v) is 6.64. The first kappa shape index (κ1) is 13.1.